The van der Waals surface area contributed by atoms with Crippen molar-refractivity contribution in [3.05, 3.63) is 28.8 Å². The average Bonchev–Trinajstić information content (AvgIpc) is 3.22. The van der Waals surface area contributed by atoms with Gasteiger partial charge in [0.1, 0.15) is 5.75 Å². The zero-order chi connectivity index (χ0) is 15.4. The van der Waals surface area contributed by atoms with Gasteiger partial charge in [0.2, 0.25) is 0 Å². The van der Waals surface area contributed by atoms with Crippen LogP contribution in [0, 0.1) is 0 Å². The smallest absolute Gasteiger partial charge is 0.260 e. The van der Waals surface area contributed by atoms with Gasteiger partial charge < -0.3 is 15.4 Å². The fourth-order valence-electron chi connectivity index (χ4n) is 2.00. The Hall–Kier alpha value is -1.26. The number of ether oxygens (including phenoxy) is 1. The number of carbonyl (C=O) groups is 1. The summed E-state index contributed by atoms with van der Waals surface area (Å²) in [5.74, 6) is 0.463. The van der Waals surface area contributed by atoms with Crippen molar-refractivity contribution in [1.82, 2.24) is 10.6 Å². The molecule has 0 aromatic heterocycles. The Morgan fingerprint density at radius 1 is 1.38 bits per heavy atom. The van der Waals surface area contributed by atoms with Crippen molar-refractivity contribution in [3.8, 4) is 5.75 Å². The van der Waals surface area contributed by atoms with Crippen LogP contribution in [0.3, 0.4) is 0 Å². The van der Waals surface area contributed by atoms with Gasteiger partial charge in [-0.05, 0) is 39.7 Å². The van der Waals surface area contributed by atoms with Gasteiger partial charge in [-0.25, -0.2) is 0 Å². The normalized spacial score (nSPS) is 15.9. The lowest BCUT2D eigenvalue weighted by Crippen LogP contribution is -2.40. The van der Waals surface area contributed by atoms with E-state index in [1.54, 1.807) is 13.0 Å². The molecule has 1 aliphatic rings. The second kappa shape index (κ2) is 7.14. The number of halogens is 1. The number of hydrogen-bond donors (Lipinski definition) is 2. The molecule has 0 radical (unpaired) electrons. The second-order valence-electron chi connectivity index (χ2n) is 5.81. The lowest BCUT2D eigenvalue weighted by molar-refractivity contribution is -0.127. The van der Waals surface area contributed by atoms with Crippen molar-refractivity contribution in [2.75, 3.05) is 0 Å². The van der Waals surface area contributed by atoms with E-state index in [-0.39, 0.29) is 11.9 Å². The van der Waals surface area contributed by atoms with Gasteiger partial charge >= 0.3 is 0 Å². The van der Waals surface area contributed by atoms with Crippen LogP contribution < -0.4 is 15.4 Å². The summed E-state index contributed by atoms with van der Waals surface area (Å²) in [7, 11) is 0. The minimum atomic E-state index is -0.577. The molecular formula is C16H23ClN2O2. The van der Waals surface area contributed by atoms with E-state index in [0.29, 0.717) is 23.4 Å². The molecule has 1 amide bonds. The zero-order valence-corrected chi connectivity index (χ0v) is 13.5. The first-order valence-electron chi connectivity index (χ1n) is 7.45. The SMILES string of the molecule is CC(C)NC(=O)C(C)Oc1c(Cl)cccc1CNC1CC1. The van der Waals surface area contributed by atoms with E-state index in [2.05, 4.69) is 10.6 Å². The molecule has 0 spiro atoms. The Morgan fingerprint density at radius 3 is 2.71 bits per heavy atom. The Morgan fingerprint density at radius 2 is 2.10 bits per heavy atom. The van der Waals surface area contributed by atoms with Crippen LogP contribution in [-0.4, -0.2) is 24.1 Å². The minimum absolute atomic E-state index is 0.0887. The summed E-state index contributed by atoms with van der Waals surface area (Å²) < 4.78 is 5.81. The standard InChI is InChI=1S/C16H23ClN2O2/c1-10(2)19-16(20)11(3)21-15-12(5-4-6-14(15)17)9-18-13-7-8-13/h4-6,10-11,13,18H,7-9H2,1-3H3,(H,19,20). The maximum Gasteiger partial charge on any atom is 0.260 e. The van der Waals surface area contributed by atoms with E-state index in [1.165, 1.54) is 12.8 Å². The third-order valence-corrected chi connectivity index (χ3v) is 3.60. The summed E-state index contributed by atoms with van der Waals surface area (Å²) in [6.07, 6.45) is 1.88. The first-order valence-corrected chi connectivity index (χ1v) is 7.83. The number of hydrogen-bond acceptors (Lipinski definition) is 3. The van der Waals surface area contributed by atoms with E-state index >= 15 is 0 Å². The number of carbonyl (C=O) groups excluding carboxylic acids is 1. The molecule has 4 nitrogen and oxygen atoms in total. The summed E-state index contributed by atoms with van der Waals surface area (Å²) in [4.78, 5) is 12.0. The van der Waals surface area contributed by atoms with Gasteiger partial charge in [0.25, 0.3) is 5.91 Å². The third-order valence-electron chi connectivity index (χ3n) is 3.30. The second-order valence-corrected chi connectivity index (χ2v) is 6.21. The number of nitrogens with one attached hydrogen (secondary N) is 2. The van der Waals surface area contributed by atoms with Crippen molar-refractivity contribution in [3.63, 3.8) is 0 Å². The largest absolute Gasteiger partial charge is 0.479 e. The molecule has 0 saturated heterocycles. The maximum atomic E-state index is 12.0. The molecular weight excluding hydrogens is 288 g/mol. The van der Waals surface area contributed by atoms with Crippen molar-refractivity contribution < 1.29 is 9.53 Å². The van der Waals surface area contributed by atoms with Crippen LogP contribution in [0.1, 0.15) is 39.2 Å². The average molecular weight is 311 g/mol. The summed E-state index contributed by atoms with van der Waals surface area (Å²) in [5.41, 5.74) is 0.985. The van der Waals surface area contributed by atoms with E-state index in [4.69, 9.17) is 16.3 Å². The molecule has 1 saturated carbocycles. The first kappa shape index (κ1) is 16.1. The van der Waals surface area contributed by atoms with E-state index in [9.17, 15) is 4.79 Å². The molecule has 5 heteroatoms. The first-order chi connectivity index (χ1) is 9.97. The Bertz CT molecular complexity index is 501. The topological polar surface area (TPSA) is 50.4 Å². The molecule has 0 bridgehead atoms. The monoisotopic (exact) mass is 310 g/mol. The highest BCUT2D eigenvalue weighted by Gasteiger charge is 2.22. The van der Waals surface area contributed by atoms with Crippen LogP contribution in [0.2, 0.25) is 5.02 Å². The van der Waals surface area contributed by atoms with E-state index in [0.717, 1.165) is 5.56 Å². The predicted molar refractivity (Wildman–Crippen MR) is 84.7 cm³/mol. The molecule has 1 aromatic rings. The Labute approximate surface area is 131 Å². The van der Waals surface area contributed by atoms with Crippen LogP contribution in [-0.2, 0) is 11.3 Å². The van der Waals surface area contributed by atoms with Gasteiger partial charge in [-0.3, -0.25) is 4.79 Å². The molecule has 1 fully saturated rings. The van der Waals surface area contributed by atoms with E-state index in [1.807, 2.05) is 26.0 Å². The van der Waals surface area contributed by atoms with Crippen LogP contribution in [0.15, 0.2) is 18.2 Å². The summed E-state index contributed by atoms with van der Waals surface area (Å²) in [5, 5.41) is 6.81. The fraction of sp³-hybridized carbons (Fsp3) is 0.562. The minimum Gasteiger partial charge on any atom is -0.479 e. The van der Waals surface area contributed by atoms with Crippen molar-refractivity contribution in [2.45, 2.75) is 58.3 Å². The molecule has 1 atom stereocenters. The lowest BCUT2D eigenvalue weighted by Gasteiger charge is -2.19. The predicted octanol–water partition coefficient (Wildman–Crippen LogP) is 2.88. The molecule has 2 N–H and O–H groups in total. The number of rotatable bonds is 7. The molecule has 0 aliphatic heterocycles. The molecule has 1 unspecified atom stereocenters. The van der Waals surface area contributed by atoms with Gasteiger partial charge in [-0.2, -0.15) is 0 Å². The van der Waals surface area contributed by atoms with Gasteiger partial charge in [0.15, 0.2) is 6.10 Å². The highest BCUT2D eigenvalue weighted by Crippen LogP contribution is 2.30. The fourth-order valence-corrected chi connectivity index (χ4v) is 2.24. The van der Waals surface area contributed by atoms with E-state index < -0.39 is 6.10 Å². The van der Waals surface area contributed by atoms with Crippen molar-refractivity contribution in [1.29, 1.82) is 0 Å². The summed E-state index contributed by atoms with van der Waals surface area (Å²) in [6, 6.07) is 6.36. The highest BCUT2D eigenvalue weighted by molar-refractivity contribution is 6.32. The Balaban J connectivity index is 2.04. The highest BCUT2D eigenvalue weighted by atomic mass is 35.5. The number of benzene rings is 1. The molecule has 0 heterocycles. The molecule has 116 valence electrons. The number of amides is 1. The third kappa shape index (κ3) is 4.90. The van der Waals surface area contributed by atoms with Gasteiger partial charge in [-0.1, -0.05) is 23.7 Å². The Kier molecular flexibility index (Phi) is 5.48. The van der Waals surface area contributed by atoms with Crippen LogP contribution in [0.25, 0.3) is 0 Å². The quantitative estimate of drug-likeness (QED) is 0.814. The number of para-hydroxylation sites is 1. The van der Waals surface area contributed by atoms with Gasteiger partial charge in [-0.15, -0.1) is 0 Å². The van der Waals surface area contributed by atoms with Crippen LogP contribution in [0.4, 0.5) is 0 Å². The molecule has 1 aromatic carbocycles. The van der Waals surface area contributed by atoms with Gasteiger partial charge in [0.05, 0.1) is 5.02 Å². The molecule has 2 rings (SSSR count). The van der Waals surface area contributed by atoms with Crippen LogP contribution in [0.5, 0.6) is 5.75 Å². The van der Waals surface area contributed by atoms with Crippen LogP contribution >= 0.6 is 11.6 Å². The lowest BCUT2D eigenvalue weighted by atomic mass is 10.2. The molecule has 1 aliphatic carbocycles. The summed E-state index contributed by atoms with van der Waals surface area (Å²) >= 11 is 6.23. The van der Waals surface area contributed by atoms with Gasteiger partial charge in [0, 0.05) is 24.2 Å². The summed E-state index contributed by atoms with van der Waals surface area (Å²) in [6.45, 7) is 6.29. The zero-order valence-electron chi connectivity index (χ0n) is 12.8. The van der Waals surface area contributed by atoms with Crippen molar-refractivity contribution in [2.24, 2.45) is 0 Å². The maximum absolute atomic E-state index is 12.0. The molecule has 21 heavy (non-hydrogen) atoms. The van der Waals surface area contributed by atoms with Crippen molar-refractivity contribution >= 4 is 17.5 Å².